The molecule has 0 aliphatic heterocycles. The fourth-order valence-corrected chi connectivity index (χ4v) is 0.694. The molecule has 0 saturated heterocycles. The Labute approximate surface area is 104 Å². The van der Waals surface area contributed by atoms with Gasteiger partial charge in [-0.1, -0.05) is 13.2 Å². The normalized spacial score (nSPS) is 8.89. The van der Waals surface area contributed by atoms with Crippen molar-refractivity contribution in [2.75, 3.05) is 26.4 Å². The van der Waals surface area contributed by atoms with Gasteiger partial charge in [0.2, 0.25) is 0 Å². The van der Waals surface area contributed by atoms with Crippen molar-refractivity contribution in [1.82, 2.24) is 0 Å². The van der Waals surface area contributed by atoms with Gasteiger partial charge in [-0.05, 0) is 0 Å². The van der Waals surface area contributed by atoms with Crippen LogP contribution in [0.1, 0.15) is 0 Å². The zero-order valence-corrected chi connectivity index (χ0v) is 9.76. The van der Waals surface area contributed by atoms with E-state index >= 15 is 0 Å². The minimum atomic E-state index is -0.945. The minimum absolute atomic E-state index is 0.0919. The van der Waals surface area contributed by atoms with Crippen LogP contribution in [0.4, 0.5) is 4.79 Å². The first kappa shape index (κ1) is 15.7. The van der Waals surface area contributed by atoms with Crippen molar-refractivity contribution in [3.8, 4) is 0 Å². The van der Waals surface area contributed by atoms with E-state index in [1.807, 2.05) is 0 Å². The lowest BCUT2D eigenvalue weighted by Crippen LogP contribution is -2.16. The van der Waals surface area contributed by atoms with Gasteiger partial charge < -0.3 is 18.9 Å². The summed E-state index contributed by atoms with van der Waals surface area (Å²) in [5.74, 6) is -1.22. The fraction of sp³-hybridized carbons (Fsp3) is 0.364. The van der Waals surface area contributed by atoms with E-state index in [4.69, 9.17) is 0 Å². The van der Waals surface area contributed by atoms with Crippen molar-refractivity contribution >= 4 is 18.1 Å². The lowest BCUT2D eigenvalue weighted by molar-refractivity contribution is -0.139. The summed E-state index contributed by atoms with van der Waals surface area (Å²) < 4.78 is 18.2. The van der Waals surface area contributed by atoms with Crippen molar-refractivity contribution in [2.45, 2.75) is 0 Å². The Morgan fingerprint density at radius 2 is 1.06 bits per heavy atom. The number of carbonyl (C=O) groups is 3. The maximum absolute atomic E-state index is 10.9. The second-order valence-corrected chi connectivity index (χ2v) is 2.69. The Hall–Kier alpha value is -2.31. The molecule has 0 fully saturated rings. The van der Waals surface area contributed by atoms with Gasteiger partial charge in [-0.3, -0.25) is 0 Å². The predicted molar refractivity (Wildman–Crippen MR) is 59.6 cm³/mol. The lowest BCUT2D eigenvalue weighted by Gasteiger charge is -2.06. The highest BCUT2D eigenvalue weighted by Crippen LogP contribution is 1.88. The van der Waals surface area contributed by atoms with Crippen LogP contribution in [-0.4, -0.2) is 44.5 Å². The van der Waals surface area contributed by atoms with Crippen LogP contribution in [0.5, 0.6) is 0 Å². The summed E-state index contributed by atoms with van der Waals surface area (Å²) in [5.41, 5.74) is 0. The summed E-state index contributed by atoms with van der Waals surface area (Å²) in [7, 11) is 0. The molecule has 0 amide bonds. The van der Waals surface area contributed by atoms with E-state index in [1.54, 1.807) is 0 Å². The van der Waals surface area contributed by atoms with Crippen LogP contribution in [-0.2, 0) is 28.5 Å². The molecular weight excluding hydrogens is 244 g/mol. The molecule has 0 saturated carbocycles. The molecule has 7 nitrogen and oxygen atoms in total. The van der Waals surface area contributed by atoms with E-state index in [0.717, 1.165) is 12.2 Å². The largest absolute Gasteiger partial charge is 0.508 e. The molecule has 0 unspecified atom stereocenters. The Balaban J connectivity index is 3.43. The first-order chi connectivity index (χ1) is 8.60. The van der Waals surface area contributed by atoms with Crippen LogP contribution in [0.15, 0.2) is 25.3 Å². The number of carbonyl (C=O) groups excluding carboxylic acids is 3. The van der Waals surface area contributed by atoms with E-state index in [1.165, 1.54) is 0 Å². The van der Waals surface area contributed by atoms with Crippen LogP contribution < -0.4 is 0 Å². The van der Waals surface area contributed by atoms with Crippen LogP contribution in [0.3, 0.4) is 0 Å². The first-order valence-corrected chi connectivity index (χ1v) is 4.98. The van der Waals surface area contributed by atoms with Crippen LogP contribution in [0.25, 0.3) is 0 Å². The molecule has 0 aromatic heterocycles. The number of ether oxygens (including phenoxy) is 4. The highest BCUT2D eigenvalue weighted by atomic mass is 16.7. The van der Waals surface area contributed by atoms with Gasteiger partial charge in [0.25, 0.3) is 0 Å². The van der Waals surface area contributed by atoms with E-state index in [2.05, 4.69) is 32.1 Å². The average Bonchev–Trinajstić information content (AvgIpc) is 2.38. The number of hydrogen-bond donors (Lipinski definition) is 0. The molecule has 0 aliphatic carbocycles. The molecule has 0 aromatic rings. The molecule has 18 heavy (non-hydrogen) atoms. The summed E-state index contributed by atoms with van der Waals surface area (Å²) in [4.78, 5) is 32.1. The minimum Gasteiger partial charge on any atom is -0.459 e. The predicted octanol–water partition coefficient (Wildman–Crippen LogP) is 0.598. The highest BCUT2D eigenvalue weighted by Gasteiger charge is 2.05. The zero-order chi connectivity index (χ0) is 13.8. The monoisotopic (exact) mass is 258 g/mol. The van der Waals surface area contributed by atoms with Gasteiger partial charge in [-0.25, -0.2) is 14.4 Å². The third-order valence-corrected chi connectivity index (χ3v) is 1.43. The van der Waals surface area contributed by atoms with Crippen molar-refractivity contribution < 1.29 is 33.3 Å². The number of rotatable bonds is 8. The van der Waals surface area contributed by atoms with Crippen molar-refractivity contribution in [2.24, 2.45) is 0 Å². The summed E-state index contributed by atoms with van der Waals surface area (Å²) >= 11 is 0. The molecule has 0 N–H and O–H groups in total. The van der Waals surface area contributed by atoms with Gasteiger partial charge in [0.05, 0.1) is 0 Å². The lowest BCUT2D eigenvalue weighted by atomic mass is 10.6. The molecule has 0 atom stereocenters. The highest BCUT2D eigenvalue weighted by molar-refractivity contribution is 5.81. The third kappa shape index (κ3) is 8.96. The summed E-state index contributed by atoms with van der Waals surface area (Å²) in [5, 5.41) is 0. The van der Waals surface area contributed by atoms with Gasteiger partial charge >= 0.3 is 18.1 Å². The Morgan fingerprint density at radius 3 is 1.39 bits per heavy atom. The first-order valence-electron chi connectivity index (χ1n) is 4.98. The molecule has 0 rings (SSSR count). The average molecular weight is 258 g/mol. The molecule has 0 heterocycles. The standard InChI is InChI=1S/C11H14O7/c1-3-9(12)15-5-7-17-11(14)18-8-6-16-10(13)4-2/h3-4H,1-2,5-8H2. The SMILES string of the molecule is C=CC(=O)OCCOC(=O)OCCOC(=O)C=C. The second-order valence-electron chi connectivity index (χ2n) is 2.69. The van der Waals surface area contributed by atoms with E-state index in [9.17, 15) is 14.4 Å². The molecule has 0 radical (unpaired) electrons. The van der Waals surface area contributed by atoms with Crippen LogP contribution in [0.2, 0.25) is 0 Å². The molecular formula is C11H14O7. The van der Waals surface area contributed by atoms with E-state index in [0.29, 0.717) is 0 Å². The van der Waals surface area contributed by atoms with Crippen molar-refractivity contribution in [3.63, 3.8) is 0 Å². The molecule has 0 bridgehead atoms. The molecule has 0 aliphatic rings. The van der Waals surface area contributed by atoms with Gasteiger partial charge in [0.15, 0.2) is 0 Å². The number of esters is 2. The molecule has 0 spiro atoms. The second kappa shape index (κ2) is 9.88. The van der Waals surface area contributed by atoms with Crippen LogP contribution >= 0.6 is 0 Å². The van der Waals surface area contributed by atoms with Gasteiger partial charge in [0, 0.05) is 12.2 Å². The van der Waals surface area contributed by atoms with E-state index < -0.39 is 18.1 Å². The van der Waals surface area contributed by atoms with Crippen LogP contribution in [0, 0.1) is 0 Å². The maximum Gasteiger partial charge on any atom is 0.508 e. The summed E-state index contributed by atoms with van der Waals surface area (Å²) in [6, 6.07) is 0. The van der Waals surface area contributed by atoms with Gasteiger partial charge in [-0.2, -0.15) is 0 Å². The topological polar surface area (TPSA) is 88.1 Å². The summed E-state index contributed by atoms with van der Waals surface area (Å²) in [6.07, 6.45) is 1.04. The molecule has 0 aromatic carbocycles. The zero-order valence-electron chi connectivity index (χ0n) is 9.76. The molecule has 100 valence electrons. The molecule has 7 heteroatoms. The van der Waals surface area contributed by atoms with Gasteiger partial charge in [-0.15, -0.1) is 0 Å². The van der Waals surface area contributed by atoms with Gasteiger partial charge in [0.1, 0.15) is 26.4 Å². The fourth-order valence-electron chi connectivity index (χ4n) is 0.694. The number of hydrogen-bond acceptors (Lipinski definition) is 7. The Kier molecular flexibility index (Phi) is 8.62. The smallest absolute Gasteiger partial charge is 0.459 e. The third-order valence-electron chi connectivity index (χ3n) is 1.43. The summed E-state index contributed by atoms with van der Waals surface area (Å²) in [6.45, 7) is 5.93. The Bertz CT molecular complexity index is 291. The van der Waals surface area contributed by atoms with Crippen molar-refractivity contribution in [3.05, 3.63) is 25.3 Å². The quantitative estimate of drug-likeness (QED) is 0.272. The van der Waals surface area contributed by atoms with Crippen molar-refractivity contribution in [1.29, 1.82) is 0 Å². The Morgan fingerprint density at radius 1 is 0.722 bits per heavy atom. The maximum atomic E-state index is 10.9. The van der Waals surface area contributed by atoms with E-state index in [-0.39, 0.29) is 26.4 Å².